The molecule has 5 heteroatoms. The Labute approximate surface area is 159 Å². The molecular formula is C22H23N3O2. The van der Waals surface area contributed by atoms with E-state index in [4.69, 9.17) is 0 Å². The molecule has 0 aliphatic carbocycles. The largest absolute Gasteiger partial charge is 0.372 e. The van der Waals surface area contributed by atoms with Gasteiger partial charge in [-0.1, -0.05) is 29.8 Å². The van der Waals surface area contributed by atoms with Gasteiger partial charge in [-0.25, -0.2) is 0 Å². The molecule has 2 aliphatic heterocycles. The number of rotatable bonds is 4. The topological polar surface area (TPSA) is 52.7 Å². The Morgan fingerprint density at radius 3 is 2.11 bits per heavy atom. The molecule has 2 aliphatic rings. The van der Waals surface area contributed by atoms with Gasteiger partial charge in [-0.2, -0.15) is 0 Å². The molecule has 2 aromatic rings. The standard InChI is InChI=1S/C22H23N3O2/c1-15-5-7-16(8-6-15)19-20(22(27)24(2)21(19)26)23-17-9-11-18(12-10-17)25-13-3-4-14-25/h5-12,23H,3-4,13-14H2,1-2H3. The highest BCUT2D eigenvalue weighted by atomic mass is 16.2. The molecule has 2 amide bonds. The molecule has 138 valence electrons. The van der Waals surface area contributed by atoms with Gasteiger partial charge in [-0.15, -0.1) is 0 Å². The molecule has 0 radical (unpaired) electrons. The summed E-state index contributed by atoms with van der Waals surface area (Å²) in [5.41, 5.74) is 4.60. The van der Waals surface area contributed by atoms with Crippen molar-refractivity contribution in [2.45, 2.75) is 19.8 Å². The van der Waals surface area contributed by atoms with Crippen molar-refractivity contribution in [3.05, 3.63) is 65.4 Å². The van der Waals surface area contributed by atoms with Crippen molar-refractivity contribution >= 4 is 28.8 Å². The smallest absolute Gasteiger partial charge is 0.277 e. The SMILES string of the molecule is Cc1ccc(C2=C(Nc3ccc(N4CCCC4)cc3)C(=O)N(C)C2=O)cc1. The molecular weight excluding hydrogens is 338 g/mol. The molecule has 1 N–H and O–H groups in total. The third-order valence-electron chi connectivity index (χ3n) is 5.24. The van der Waals surface area contributed by atoms with Crippen LogP contribution in [0.2, 0.25) is 0 Å². The van der Waals surface area contributed by atoms with Crippen LogP contribution in [0.25, 0.3) is 5.57 Å². The molecule has 1 fully saturated rings. The lowest BCUT2D eigenvalue weighted by atomic mass is 10.0. The highest BCUT2D eigenvalue weighted by Crippen LogP contribution is 2.30. The first kappa shape index (κ1) is 17.3. The summed E-state index contributed by atoms with van der Waals surface area (Å²) >= 11 is 0. The Bertz CT molecular complexity index is 908. The number of hydrogen-bond acceptors (Lipinski definition) is 4. The summed E-state index contributed by atoms with van der Waals surface area (Å²) in [5, 5.41) is 3.18. The summed E-state index contributed by atoms with van der Waals surface area (Å²) in [7, 11) is 1.52. The second-order valence-corrected chi connectivity index (χ2v) is 7.15. The highest BCUT2D eigenvalue weighted by molar-refractivity contribution is 6.36. The van der Waals surface area contributed by atoms with Crippen molar-refractivity contribution in [3.8, 4) is 0 Å². The maximum Gasteiger partial charge on any atom is 0.277 e. The number of carbonyl (C=O) groups is 2. The molecule has 0 spiro atoms. The van der Waals surface area contributed by atoms with Crippen molar-refractivity contribution < 1.29 is 9.59 Å². The first-order valence-electron chi connectivity index (χ1n) is 9.30. The van der Waals surface area contributed by atoms with Crippen LogP contribution in [-0.2, 0) is 9.59 Å². The van der Waals surface area contributed by atoms with E-state index >= 15 is 0 Å². The quantitative estimate of drug-likeness (QED) is 0.848. The van der Waals surface area contributed by atoms with E-state index in [2.05, 4.69) is 22.3 Å². The molecule has 0 atom stereocenters. The molecule has 27 heavy (non-hydrogen) atoms. The van der Waals surface area contributed by atoms with Crippen LogP contribution in [0.1, 0.15) is 24.0 Å². The molecule has 0 saturated carbocycles. The lowest BCUT2D eigenvalue weighted by Crippen LogP contribution is -2.27. The van der Waals surface area contributed by atoms with Crippen LogP contribution < -0.4 is 10.2 Å². The minimum absolute atomic E-state index is 0.278. The molecule has 2 heterocycles. The fraction of sp³-hybridized carbons (Fsp3) is 0.273. The third kappa shape index (κ3) is 3.21. The molecule has 5 nitrogen and oxygen atoms in total. The fourth-order valence-electron chi connectivity index (χ4n) is 3.62. The summed E-state index contributed by atoms with van der Waals surface area (Å²) in [5.74, 6) is -0.584. The number of benzene rings is 2. The molecule has 2 aromatic carbocycles. The monoisotopic (exact) mass is 361 g/mol. The van der Waals surface area contributed by atoms with Crippen molar-refractivity contribution in [1.82, 2.24) is 4.90 Å². The van der Waals surface area contributed by atoms with Crippen molar-refractivity contribution in [3.63, 3.8) is 0 Å². The van der Waals surface area contributed by atoms with E-state index in [1.54, 1.807) is 0 Å². The van der Waals surface area contributed by atoms with E-state index in [0.717, 1.165) is 34.8 Å². The van der Waals surface area contributed by atoms with Gasteiger partial charge in [0.15, 0.2) is 0 Å². The third-order valence-corrected chi connectivity index (χ3v) is 5.24. The molecule has 0 unspecified atom stereocenters. The normalized spacial score (nSPS) is 17.3. The second-order valence-electron chi connectivity index (χ2n) is 7.15. The van der Waals surface area contributed by atoms with Crippen LogP contribution in [0, 0.1) is 6.92 Å². The first-order valence-corrected chi connectivity index (χ1v) is 9.30. The lowest BCUT2D eigenvalue weighted by molar-refractivity contribution is -0.135. The zero-order valence-corrected chi connectivity index (χ0v) is 15.7. The van der Waals surface area contributed by atoms with Gasteiger partial charge in [-0.05, 0) is 49.6 Å². The summed E-state index contributed by atoms with van der Waals surface area (Å²) in [6.07, 6.45) is 2.46. The molecule has 4 rings (SSSR count). The Kier molecular flexibility index (Phi) is 4.44. The van der Waals surface area contributed by atoms with Crippen LogP contribution in [0.4, 0.5) is 11.4 Å². The zero-order chi connectivity index (χ0) is 19.0. The van der Waals surface area contributed by atoms with E-state index in [-0.39, 0.29) is 11.8 Å². The van der Waals surface area contributed by atoms with E-state index in [1.807, 2.05) is 43.3 Å². The minimum atomic E-state index is -0.306. The average Bonchev–Trinajstić information content (AvgIpc) is 3.28. The minimum Gasteiger partial charge on any atom is -0.372 e. The van der Waals surface area contributed by atoms with Gasteiger partial charge in [0.25, 0.3) is 11.8 Å². The van der Waals surface area contributed by atoms with Crippen molar-refractivity contribution in [2.24, 2.45) is 0 Å². The number of likely N-dealkylation sites (N-methyl/N-ethyl adjacent to an activating group) is 1. The zero-order valence-electron chi connectivity index (χ0n) is 15.7. The summed E-state index contributed by atoms with van der Waals surface area (Å²) in [4.78, 5) is 28.8. The van der Waals surface area contributed by atoms with Gasteiger partial charge in [0.2, 0.25) is 0 Å². The second kappa shape index (κ2) is 6.91. The van der Waals surface area contributed by atoms with Crippen LogP contribution >= 0.6 is 0 Å². The Balaban J connectivity index is 1.65. The van der Waals surface area contributed by atoms with Crippen LogP contribution in [0.3, 0.4) is 0 Å². The lowest BCUT2D eigenvalue weighted by Gasteiger charge is -2.18. The maximum atomic E-state index is 12.6. The predicted molar refractivity (Wildman–Crippen MR) is 107 cm³/mol. The van der Waals surface area contributed by atoms with Gasteiger partial charge in [0.05, 0.1) is 5.57 Å². The summed E-state index contributed by atoms with van der Waals surface area (Å²) < 4.78 is 0. The van der Waals surface area contributed by atoms with E-state index in [9.17, 15) is 9.59 Å². The van der Waals surface area contributed by atoms with Gasteiger partial charge < -0.3 is 10.2 Å². The van der Waals surface area contributed by atoms with E-state index < -0.39 is 0 Å². The number of anilines is 2. The molecule has 0 aromatic heterocycles. The predicted octanol–water partition coefficient (Wildman–Crippen LogP) is 3.42. The Morgan fingerprint density at radius 1 is 0.852 bits per heavy atom. The van der Waals surface area contributed by atoms with Crippen LogP contribution in [0.15, 0.2) is 54.2 Å². The van der Waals surface area contributed by atoms with Gasteiger partial charge >= 0.3 is 0 Å². The molecule has 1 saturated heterocycles. The fourth-order valence-corrected chi connectivity index (χ4v) is 3.62. The number of amides is 2. The number of nitrogens with one attached hydrogen (secondary N) is 1. The summed E-state index contributed by atoms with van der Waals surface area (Å²) in [6.45, 7) is 4.17. The number of aryl methyl sites for hydroxylation is 1. The first-order chi connectivity index (χ1) is 13.0. The number of hydrogen-bond donors (Lipinski definition) is 1. The number of nitrogens with zero attached hydrogens (tertiary/aromatic N) is 2. The van der Waals surface area contributed by atoms with Crippen molar-refractivity contribution in [1.29, 1.82) is 0 Å². The van der Waals surface area contributed by atoms with Gasteiger partial charge in [-0.3, -0.25) is 14.5 Å². The maximum absolute atomic E-state index is 12.6. The Morgan fingerprint density at radius 2 is 1.48 bits per heavy atom. The van der Waals surface area contributed by atoms with Crippen LogP contribution in [-0.4, -0.2) is 36.9 Å². The van der Waals surface area contributed by atoms with E-state index in [0.29, 0.717) is 11.3 Å². The van der Waals surface area contributed by atoms with Crippen molar-refractivity contribution in [2.75, 3.05) is 30.4 Å². The number of carbonyl (C=O) groups excluding carboxylic acids is 2. The summed E-state index contributed by atoms with van der Waals surface area (Å²) in [6, 6.07) is 15.7. The molecule has 0 bridgehead atoms. The van der Waals surface area contributed by atoms with E-state index in [1.165, 1.54) is 25.6 Å². The van der Waals surface area contributed by atoms with Gasteiger partial charge in [0.1, 0.15) is 5.70 Å². The Hall–Kier alpha value is -3.08. The van der Waals surface area contributed by atoms with Crippen LogP contribution in [0.5, 0.6) is 0 Å². The highest BCUT2D eigenvalue weighted by Gasteiger charge is 2.36. The van der Waals surface area contributed by atoms with Gasteiger partial charge in [0, 0.05) is 31.5 Å². The number of imide groups is 1. The average molecular weight is 361 g/mol.